The summed E-state index contributed by atoms with van der Waals surface area (Å²) >= 11 is 0. The van der Waals surface area contributed by atoms with Gasteiger partial charge in [-0.25, -0.2) is 0 Å². The maximum atomic E-state index is 9.63. The molecule has 4 heteroatoms. The molecule has 2 aromatic rings. The third kappa shape index (κ3) is 4.73. The molecular weight excluding hydrogens is 300 g/mol. The average Bonchev–Trinajstić information content (AvgIpc) is 2.60. The molecule has 0 aliphatic heterocycles. The highest BCUT2D eigenvalue weighted by atomic mass is 16.5. The summed E-state index contributed by atoms with van der Waals surface area (Å²) in [4.78, 5) is 1.83. The van der Waals surface area contributed by atoms with Crippen molar-refractivity contribution in [3.8, 4) is 5.75 Å². The van der Waals surface area contributed by atoms with Crippen LogP contribution in [-0.2, 0) is 6.54 Å². The number of hydrogen-bond donors (Lipinski definition) is 2. The zero-order valence-corrected chi connectivity index (χ0v) is 15.0. The Morgan fingerprint density at radius 1 is 1.08 bits per heavy atom. The van der Waals surface area contributed by atoms with E-state index in [1.165, 1.54) is 5.56 Å². The zero-order chi connectivity index (χ0) is 17.5. The molecule has 0 aliphatic carbocycles. The van der Waals surface area contributed by atoms with E-state index in [-0.39, 0.29) is 6.04 Å². The van der Waals surface area contributed by atoms with Crippen LogP contribution < -0.4 is 15.0 Å². The molecule has 2 aromatic carbocycles. The Hall–Kier alpha value is -2.04. The van der Waals surface area contributed by atoms with E-state index in [1.54, 1.807) is 6.92 Å². The highest BCUT2D eigenvalue weighted by molar-refractivity contribution is 5.47. The lowest BCUT2D eigenvalue weighted by atomic mass is 10.1. The molecule has 0 heterocycles. The van der Waals surface area contributed by atoms with Crippen molar-refractivity contribution in [2.75, 3.05) is 18.6 Å². The van der Waals surface area contributed by atoms with Crippen LogP contribution in [0, 0.1) is 0 Å². The Bertz CT molecular complexity index is 626. The molecular formula is C20H28N2O2. The number of nitrogens with one attached hydrogen (secondary N) is 1. The van der Waals surface area contributed by atoms with E-state index >= 15 is 0 Å². The maximum Gasteiger partial charge on any atom is 0.123 e. The molecule has 0 aromatic heterocycles. The van der Waals surface area contributed by atoms with Gasteiger partial charge < -0.3 is 20.1 Å². The Morgan fingerprint density at radius 3 is 2.38 bits per heavy atom. The van der Waals surface area contributed by atoms with Gasteiger partial charge in [-0.05, 0) is 44.5 Å². The van der Waals surface area contributed by atoms with Crippen molar-refractivity contribution in [3.05, 3.63) is 59.7 Å². The number of hydrogen-bond acceptors (Lipinski definition) is 4. The highest BCUT2D eigenvalue weighted by Gasteiger charge is 2.10. The molecule has 130 valence electrons. The van der Waals surface area contributed by atoms with Crippen molar-refractivity contribution >= 4 is 5.69 Å². The molecule has 2 unspecified atom stereocenters. The van der Waals surface area contributed by atoms with E-state index in [0.717, 1.165) is 23.5 Å². The van der Waals surface area contributed by atoms with Gasteiger partial charge in [0.1, 0.15) is 12.0 Å². The molecule has 0 amide bonds. The summed E-state index contributed by atoms with van der Waals surface area (Å²) in [5.74, 6) is 0.939. The standard InChI is InChI=1S/C20H28N2O2/c1-5-24-20-9-7-6-8-18(20)14-21-15(2)17-10-12-19(13-11-17)22(4)16(3)23/h6-13,15-16,21,23H,5,14H2,1-4H3. The third-order valence-corrected chi connectivity index (χ3v) is 4.23. The summed E-state index contributed by atoms with van der Waals surface area (Å²) in [5, 5.41) is 13.2. The zero-order valence-electron chi connectivity index (χ0n) is 15.0. The minimum Gasteiger partial charge on any atom is -0.494 e. The van der Waals surface area contributed by atoms with Crippen LogP contribution in [0.5, 0.6) is 5.75 Å². The van der Waals surface area contributed by atoms with Gasteiger partial charge in [0, 0.05) is 30.9 Å². The number of aliphatic hydroxyl groups is 1. The van der Waals surface area contributed by atoms with Crippen molar-refractivity contribution in [2.24, 2.45) is 0 Å². The van der Waals surface area contributed by atoms with Gasteiger partial charge in [0.05, 0.1) is 6.61 Å². The second-order valence-corrected chi connectivity index (χ2v) is 5.98. The van der Waals surface area contributed by atoms with Gasteiger partial charge in [-0.15, -0.1) is 0 Å². The van der Waals surface area contributed by atoms with Crippen molar-refractivity contribution in [1.29, 1.82) is 0 Å². The van der Waals surface area contributed by atoms with Gasteiger partial charge in [-0.1, -0.05) is 30.3 Å². The van der Waals surface area contributed by atoms with Gasteiger partial charge in [-0.3, -0.25) is 0 Å². The van der Waals surface area contributed by atoms with Gasteiger partial charge in [0.2, 0.25) is 0 Å². The fourth-order valence-corrected chi connectivity index (χ4v) is 2.54. The largest absolute Gasteiger partial charge is 0.494 e. The second-order valence-electron chi connectivity index (χ2n) is 5.98. The molecule has 0 saturated carbocycles. The lowest BCUT2D eigenvalue weighted by Crippen LogP contribution is -2.28. The summed E-state index contributed by atoms with van der Waals surface area (Å²) in [5.41, 5.74) is 3.38. The predicted octanol–water partition coefficient (Wildman–Crippen LogP) is 3.71. The topological polar surface area (TPSA) is 44.7 Å². The molecule has 0 spiro atoms. The molecule has 2 N–H and O–H groups in total. The normalized spacial score (nSPS) is 13.4. The first-order valence-electron chi connectivity index (χ1n) is 8.47. The first-order valence-corrected chi connectivity index (χ1v) is 8.47. The summed E-state index contributed by atoms with van der Waals surface area (Å²) in [6.45, 7) is 7.33. The van der Waals surface area contributed by atoms with E-state index in [1.807, 2.05) is 49.2 Å². The first-order chi connectivity index (χ1) is 11.5. The van der Waals surface area contributed by atoms with Crippen LogP contribution in [0.15, 0.2) is 48.5 Å². The molecule has 2 rings (SSSR count). The lowest BCUT2D eigenvalue weighted by molar-refractivity contribution is 0.195. The molecule has 2 atom stereocenters. The maximum absolute atomic E-state index is 9.63. The Labute approximate surface area is 145 Å². The number of aliphatic hydroxyl groups excluding tert-OH is 1. The number of anilines is 1. The molecule has 0 aliphatic rings. The van der Waals surface area contributed by atoms with Gasteiger partial charge in [0.15, 0.2) is 0 Å². The Kier molecular flexibility index (Phi) is 6.64. The number of rotatable bonds is 8. The monoisotopic (exact) mass is 328 g/mol. The van der Waals surface area contributed by atoms with Gasteiger partial charge >= 0.3 is 0 Å². The van der Waals surface area contributed by atoms with Gasteiger partial charge in [-0.2, -0.15) is 0 Å². The number of nitrogens with zero attached hydrogens (tertiary/aromatic N) is 1. The fourth-order valence-electron chi connectivity index (χ4n) is 2.54. The summed E-state index contributed by atoms with van der Waals surface area (Å²) in [7, 11) is 1.88. The number of para-hydroxylation sites is 1. The van der Waals surface area contributed by atoms with Crippen molar-refractivity contribution in [1.82, 2.24) is 5.32 Å². The van der Waals surface area contributed by atoms with Crippen LogP contribution in [0.1, 0.15) is 37.9 Å². The van der Waals surface area contributed by atoms with E-state index < -0.39 is 6.23 Å². The molecule has 4 nitrogen and oxygen atoms in total. The summed E-state index contributed by atoms with van der Waals surface area (Å²) in [6.07, 6.45) is -0.499. The van der Waals surface area contributed by atoms with Crippen LogP contribution in [0.25, 0.3) is 0 Å². The number of ether oxygens (including phenoxy) is 1. The third-order valence-electron chi connectivity index (χ3n) is 4.23. The van der Waals surface area contributed by atoms with Crippen molar-refractivity contribution in [2.45, 2.75) is 39.6 Å². The van der Waals surface area contributed by atoms with E-state index in [0.29, 0.717) is 6.61 Å². The Balaban J connectivity index is 1.99. The SMILES string of the molecule is CCOc1ccccc1CNC(C)c1ccc(N(C)C(C)O)cc1. The van der Waals surface area contributed by atoms with Crippen molar-refractivity contribution in [3.63, 3.8) is 0 Å². The quantitative estimate of drug-likeness (QED) is 0.725. The van der Waals surface area contributed by atoms with Crippen LogP contribution in [0.3, 0.4) is 0 Å². The molecule has 0 bridgehead atoms. The molecule has 24 heavy (non-hydrogen) atoms. The van der Waals surface area contributed by atoms with Gasteiger partial charge in [0.25, 0.3) is 0 Å². The van der Waals surface area contributed by atoms with Crippen LogP contribution in [-0.4, -0.2) is 25.0 Å². The highest BCUT2D eigenvalue weighted by Crippen LogP contribution is 2.22. The fraction of sp³-hybridized carbons (Fsp3) is 0.400. The van der Waals surface area contributed by atoms with E-state index in [4.69, 9.17) is 4.74 Å². The average molecular weight is 328 g/mol. The van der Waals surface area contributed by atoms with Crippen LogP contribution in [0.2, 0.25) is 0 Å². The Morgan fingerprint density at radius 2 is 1.75 bits per heavy atom. The number of benzene rings is 2. The minimum atomic E-state index is -0.499. The summed E-state index contributed by atoms with van der Waals surface area (Å²) < 4.78 is 5.67. The second kappa shape index (κ2) is 8.71. The van der Waals surface area contributed by atoms with Crippen LogP contribution in [0.4, 0.5) is 5.69 Å². The summed E-state index contributed by atoms with van der Waals surface area (Å²) in [6, 6.07) is 16.6. The van der Waals surface area contributed by atoms with Crippen LogP contribution >= 0.6 is 0 Å². The van der Waals surface area contributed by atoms with Crippen molar-refractivity contribution < 1.29 is 9.84 Å². The lowest BCUT2D eigenvalue weighted by Gasteiger charge is -2.23. The first kappa shape index (κ1) is 18.3. The smallest absolute Gasteiger partial charge is 0.123 e. The molecule has 0 saturated heterocycles. The van der Waals surface area contributed by atoms with E-state index in [2.05, 4.69) is 30.4 Å². The predicted molar refractivity (Wildman–Crippen MR) is 99.4 cm³/mol. The minimum absolute atomic E-state index is 0.227. The molecule has 0 fully saturated rings. The van der Waals surface area contributed by atoms with E-state index in [9.17, 15) is 5.11 Å². The molecule has 0 radical (unpaired) electrons.